The molecule has 5 heteroatoms. The molecule has 0 radical (unpaired) electrons. The maximum Gasteiger partial charge on any atom is 0.124 e. The molecule has 0 aromatic heterocycles. The van der Waals surface area contributed by atoms with Gasteiger partial charge in [-0.1, -0.05) is 65.7 Å². The minimum atomic E-state index is -0.566. The standard InChI is InChI=1S/C22H21Cl2NO2/c23-19-8-6-16(7-9-19)15-27-22-11-10-20(24)12-18(22)13-25-14-21(26)17-4-2-1-3-5-17/h1-12,21,25-26H,13-15H2/t21-/m0/s1. The van der Waals surface area contributed by atoms with Crippen LogP contribution in [0.1, 0.15) is 22.8 Å². The van der Waals surface area contributed by atoms with Gasteiger partial charge in [0, 0.05) is 28.7 Å². The zero-order valence-corrected chi connectivity index (χ0v) is 16.3. The molecule has 3 rings (SSSR count). The minimum Gasteiger partial charge on any atom is -0.489 e. The van der Waals surface area contributed by atoms with E-state index in [2.05, 4.69) is 5.32 Å². The predicted octanol–water partition coefficient (Wildman–Crippen LogP) is 5.40. The summed E-state index contributed by atoms with van der Waals surface area (Å²) in [6.45, 7) is 1.42. The van der Waals surface area contributed by atoms with Crippen molar-refractivity contribution in [2.24, 2.45) is 0 Å². The molecule has 0 aliphatic carbocycles. The first-order valence-corrected chi connectivity index (χ1v) is 9.47. The average Bonchev–Trinajstić information content (AvgIpc) is 2.69. The molecule has 0 amide bonds. The molecule has 3 nitrogen and oxygen atoms in total. The van der Waals surface area contributed by atoms with Crippen LogP contribution in [0.4, 0.5) is 0 Å². The Kier molecular flexibility index (Phi) is 7.13. The Hall–Kier alpha value is -2.04. The van der Waals surface area contributed by atoms with Crippen molar-refractivity contribution in [1.29, 1.82) is 0 Å². The van der Waals surface area contributed by atoms with Gasteiger partial charge < -0.3 is 15.2 Å². The van der Waals surface area contributed by atoms with Crippen LogP contribution in [0.2, 0.25) is 10.0 Å². The number of hydrogen-bond acceptors (Lipinski definition) is 3. The van der Waals surface area contributed by atoms with E-state index in [0.29, 0.717) is 29.7 Å². The highest BCUT2D eigenvalue weighted by Crippen LogP contribution is 2.24. The van der Waals surface area contributed by atoms with Gasteiger partial charge in [-0.3, -0.25) is 0 Å². The topological polar surface area (TPSA) is 41.5 Å². The van der Waals surface area contributed by atoms with Crippen molar-refractivity contribution in [2.45, 2.75) is 19.3 Å². The molecule has 0 heterocycles. The van der Waals surface area contributed by atoms with Crippen molar-refractivity contribution in [2.75, 3.05) is 6.54 Å². The summed E-state index contributed by atoms with van der Waals surface area (Å²) in [6.07, 6.45) is -0.566. The number of aliphatic hydroxyl groups is 1. The number of halogens is 2. The molecule has 1 atom stereocenters. The first-order chi connectivity index (χ1) is 13.1. The summed E-state index contributed by atoms with van der Waals surface area (Å²) in [6, 6.07) is 22.7. The van der Waals surface area contributed by atoms with Crippen molar-refractivity contribution in [3.63, 3.8) is 0 Å². The maximum absolute atomic E-state index is 10.3. The van der Waals surface area contributed by atoms with E-state index in [0.717, 1.165) is 22.4 Å². The Morgan fingerprint density at radius 3 is 2.33 bits per heavy atom. The summed E-state index contributed by atoms with van der Waals surface area (Å²) in [7, 11) is 0. The molecule has 3 aromatic carbocycles. The van der Waals surface area contributed by atoms with Crippen LogP contribution in [0.3, 0.4) is 0 Å². The highest BCUT2D eigenvalue weighted by molar-refractivity contribution is 6.30. The molecule has 3 aromatic rings. The van der Waals surface area contributed by atoms with Crippen molar-refractivity contribution in [1.82, 2.24) is 5.32 Å². The van der Waals surface area contributed by atoms with E-state index >= 15 is 0 Å². The zero-order chi connectivity index (χ0) is 19.1. The fourth-order valence-corrected chi connectivity index (χ4v) is 3.03. The fourth-order valence-electron chi connectivity index (χ4n) is 2.71. The second-order valence-corrected chi connectivity index (χ2v) is 7.10. The summed E-state index contributed by atoms with van der Waals surface area (Å²) >= 11 is 12.1. The SMILES string of the molecule is O[C@@H](CNCc1cc(Cl)ccc1OCc1ccc(Cl)cc1)c1ccccc1. The smallest absolute Gasteiger partial charge is 0.124 e. The Morgan fingerprint density at radius 2 is 1.59 bits per heavy atom. The third kappa shape index (κ3) is 5.98. The van der Waals surface area contributed by atoms with Crippen molar-refractivity contribution >= 4 is 23.2 Å². The third-order valence-electron chi connectivity index (χ3n) is 4.17. The van der Waals surface area contributed by atoms with Crippen LogP contribution in [0.15, 0.2) is 72.8 Å². The summed E-state index contributed by atoms with van der Waals surface area (Å²) in [5.41, 5.74) is 2.86. The van der Waals surface area contributed by atoms with Crippen LogP contribution in [-0.4, -0.2) is 11.7 Å². The fraction of sp³-hybridized carbons (Fsp3) is 0.182. The first-order valence-electron chi connectivity index (χ1n) is 8.71. The summed E-state index contributed by atoms with van der Waals surface area (Å²) < 4.78 is 5.96. The Balaban J connectivity index is 1.59. The quantitative estimate of drug-likeness (QED) is 0.531. The van der Waals surface area contributed by atoms with Crippen molar-refractivity contribution < 1.29 is 9.84 Å². The van der Waals surface area contributed by atoms with Gasteiger partial charge in [0.15, 0.2) is 0 Å². The molecular formula is C22H21Cl2NO2. The summed E-state index contributed by atoms with van der Waals surface area (Å²) in [4.78, 5) is 0. The first kappa shape index (κ1) is 19.7. The molecule has 0 unspecified atom stereocenters. The van der Waals surface area contributed by atoms with Crippen LogP contribution in [0.5, 0.6) is 5.75 Å². The minimum absolute atomic E-state index is 0.438. The van der Waals surface area contributed by atoms with Gasteiger partial charge in [0.1, 0.15) is 12.4 Å². The molecule has 0 saturated heterocycles. The third-order valence-corrected chi connectivity index (χ3v) is 4.65. The molecule has 140 valence electrons. The van der Waals surface area contributed by atoms with Gasteiger partial charge in [0.2, 0.25) is 0 Å². The van der Waals surface area contributed by atoms with Crippen LogP contribution in [-0.2, 0) is 13.2 Å². The van der Waals surface area contributed by atoms with Crippen LogP contribution in [0.25, 0.3) is 0 Å². The lowest BCUT2D eigenvalue weighted by Crippen LogP contribution is -2.21. The molecule has 0 spiro atoms. The van der Waals surface area contributed by atoms with Crippen LogP contribution >= 0.6 is 23.2 Å². The zero-order valence-electron chi connectivity index (χ0n) is 14.7. The van der Waals surface area contributed by atoms with E-state index in [-0.39, 0.29) is 0 Å². The van der Waals surface area contributed by atoms with E-state index in [1.165, 1.54) is 0 Å². The van der Waals surface area contributed by atoms with Gasteiger partial charge in [-0.05, 0) is 41.5 Å². The van der Waals surface area contributed by atoms with Gasteiger partial charge in [-0.15, -0.1) is 0 Å². The van der Waals surface area contributed by atoms with Crippen molar-refractivity contribution in [3.8, 4) is 5.75 Å². The van der Waals surface area contributed by atoms with Crippen LogP contribution in [0, 0.1) is 0 Å². The lowest BCUT2D eigenvalue weighted by molar-refractivity contribution is 0.174. The number of aliphatic hydroxyl groups excluding tert-OH is 1. The number of ether oxygens (including phenoxy) is 1. The molecule has 0 saturated carbocycles. The number of nitrogens with one attached hydrogen (secondary N) is 1. The Labute approximate surface area is 169 Å². The number of hydrogen-bond donors (Lipinski definition) is 2. The van der Waals surface area contributed by atoms with E-state index in [1.54, 1.807) is 6.07 Å². The van der Waals surface area contributed by atoms with E-state index in [1.807, 2.05) is 66.7 Å². The van der Waals surface area contributed by atoms with Crippen LogP contribution < -0.4 is 10.1 Å². The Morgan fingerprint density at radius 1 is 0.889 bits per heavy atom. The second-order valence-electron chi connectivity index (χ2n) is 6.22. The lowest BCUT2D eigenvalue weighted by Gasteiger charge is -2.15. The maximum atomic E-state index is 10.3. The molecular weight excluding hydrogens is 381 g/mol. The van der Waals surface area contributed by atoms with Gasteiger partial charge >= 0.3 is 0 Å². The van der Waals surface area contributed by atoms with Gasteiger partial charge in [-0.25, -0.2) is 0 Å². The number of rotatable bonds is 8. The van der Waals surface area contributed by atoms with E-state index in [9.17, 15) is 5.11 Å². The largest absolute Gasteiger partial charge is 0.489 e. The molecule has 0 bridgehead atoms. The van der Waals surface area contributed by atoms with Gasteiger partial charge in [0.25, 0.3) is 0 Å². The summed E-state index contributed by atoms with van der Waals surface area (Å²) in [5.74, 6) is 0.760. The predicted molar refractivity (Wildman–Crippen MR) is 110 cm³/mol. The Bertz CT molecular complexity index is 854. The monoisotopic (exact) mass is 401 g/mol. The number of benzene rings is 3. The molecule has 27 heavy (non-hydrogen) atoms. The highest BCUT2D eigenvalue weighted by atomic mass is 35.5. The average molecular weight is 402 g/mol. The van der Waals surface area contributed by atoms with Gasteiger partial charge in [0.05, 0.1) is 6.10 Å². The molecule has 0 aliphatic heterocycles. The van der Waals surface area contributed by atoms with Crippen molar-refractivity contribution in [3.05, 3.63) is 99.5 Å². The second kappa shape index (κ2) is 9.77. The molecule has 2 N–H and O–H groups in total. The molecule has 0 fully saturated rings. The normalized spacial score (nSPS) is 12.0. The summed E-state index contributed by atoms with van der Waals surface area (Å²) in [5, 5.41) is 14.9. The van der Waals surface area contributed by atoms with Gasteiger partial charge in [-0.2, -0.15) is 0 Å². The molecule has 0 aliphatic rings. The highest BCUT2D eigenvalue weighted by Gasteiger charge is 2.09. The van der Waals surface area contributed by atoms with E-state index in [4.69, 9.17) is 27.9 Å². The van der Waals surface area contributed by atoms with E-state index < -0.39 is 6.10 Å². The lowest BCUT2D eigenvalue weighted by atomic mass is 10.1.